The molecule has 0 spiro atoms. The molecule has 0 fully saturated rings. The topological polar surface area (TPSA) is 16.1 Å². The van der Waals surface area contributed by atoms with E-state index in [1.54, 1.807) is 0 Å². The van der Waals surface area contributed by atoms with Gasteiger partial charge in [-0.1, -0.05) is 217 Å². The number of rotatable bonds is 8. The van der Waals surface area contributed by atoms with Crippen LogP contribution in [0.5, 0.6) is 0 Å². The Balaban J connectivity index is 1.22. The van der Waals surface area contributed by atoms with E-state index in [0.717, 1.165) is 17.1 Å². The predicted molar refractivity (Wildman–Crippen MR) is 281 cm³/mol. The third-order valence-corrected chi connectivity index (χ3v) is 15.6. The van der Waals surface area contributed by atoms with Gasteiger partial charge in [0.05, 0.1) is 13.8 Å². The van der Waals surface area contributed by atoms with Crippen molar-refractivity contribution in [2.75, 3.05) is 4.90 Å². The molecule has 0 radical (unpaired) electrons. The molecule has 12 aromatic rings. The Labute approximate surface area is 375 Å². The maximum absolute atomic E-state index is 4.46. The molecule has 0 aliphatic rings. The number of fused-ring (bicyclic) bond motifs is 6. The van der Waals surface area contributed by atoms with Crippen molar-refractivity contribution in [2.24, 2.45) is 0 Å². The second kappa shape index (κ2) is 15.1. The summed E-state index contributed by atoms with van der Waals surface area (Å²) >= 11 is 0. The van der Waals surface area contributed by atoms with Crippen LogP contribution in [0.25, 0.3) is 75.8 Å². The lowest BCUT2D eigenvalue weighted by atomic mass is 9.36. The van der Waals surface area contributed by atoms with Crippen LogP contribution in [0.1, 0.15) is 0 Å². The Morgan fingerprint density at radius 3 is 1.73 bits per heavy atom. The van der Waals surface area contributed by atoms with Gasteiger partial charge in [0.15, 0.2) is 0 Å². The number of hydrogen-bond acceptors (Lipinski definition) is 2. The highest BCUT2D eigenvalue weighted by Crippen LogP contribution is 2.50. The van der Waals surface area contributed by atoms with Gasteiger partial charge >= 0.3 is 0 Å². The van der Waals surface area contributed by atoms with Gasteiger partial charge in [-0.05, 0) is 95.3 Å². The first kappa shape index (κ1) is 38.2. The molecule has 1 heterocycles. The molecule has 302 valence electrons. The summed E-state index contributed by atoms with van der Waals surface area (Å²) in [5.41, 5.74) is 9.61. The fourth-order valence-corrected chi connectivity index (χ4v) is 11.7. The van der Waals surface area contributed by atoms with Crippen molar-refractivity contribution in [3.63, 3.8) is 0 Å². The summed E-state index contributed by atoms with van der Waals surface area (Å²) in [6, 6.07) is 77.3. The summed E-state index contributed by atoms with van der Waals surface area (Å²) in [6.45, 7) is 7.29. The maximum atomic E-state index is 4.46. The summed E-state index contributed by atoms with van der Waals surface area (Å²) < 4.78 is 0. The van der Waals surface area contributed by atoms with Crippen molar-refractivity contribution >= 4 is 118 Å². The number of para-hydroxylation sites is 1. The molecule has 12 rings (SSSR count). The van der Waals surface area contributed by atoms with Gasteiger partial charge in [-0.2, -0.15) is 0 Å². The van der Waals surface area contributed by atoms with E-state index in [0.29, 0.717) is 0 Å². The fourth-order valence-electron chi connectivity index (χ4n) is 10.5. The molecular weight excluding hydrogens is 788 g/mol. The van der Waals surface area contributed by atoms with Crippen molar-refractivity contribution in [3.05, 3.63) is 219 Å². The number of nitrogens with zero attached hydrogens (tertiary/aromatic N) is 2. The molecule has 2 nitrogen and oxygen atoms in total. The largest absolute Gasteiger partial charge is 0.310 e. The maximum Gasteiger partial charge on any atom is 0.242 e. The second-order valence-electron chi connectivity index (χ2n) is 18.3. The van der Waals surface area contributed by atoms with Crippen LogP contribution in [0.3, 0.4) is 0 Å². The number of aromatic nitrogens is 1. The summed E-state index contributed by atoms with van der Waals surface area (Å²) in [5, 5.41) is 16.7. The normalized spacial score (nSPS) is 12.0. The van der Waals surface area contributed by atoms with Crippen LogP contribution in [-0.2, 0) is 0 Å². The van der Waals surface area contributed by atoms with Gasteiger partial charge in [0.25, 0.3) is 0 Å². The van der Waals surface area contributed by atoms with Crippen molar-refractivity contribution in [1.82, 2.24) is 4.98 Å². The van der Waals surface area contributed by atoms with E-state index >= 15 is 0 Å². The first-order chi connectivity index (χ1) is 31.4. The van der Waals surface area contributed by atoms with E-state index in [9.17, 15) is 0 Å². The average Bonchev–Trinajstić information content (AvgIpc) is 3.34. The van der Waals surface area contributed by atoms with Crippen LogP contribution in [0.4, 0.5) is 17.1 Å². The van der Waals surface area contributed by atoms with Gasteiger partial charge in [-0.25, -0.2) is 0 Å². The second-order valence-corrected chi connectivity index (χ2v) is 23.4. The Morgan fingerprint density at radius 2 is 0.984 bits per heavy atom. The highest BCUT2D eigenvalue weighted by Gasteiger charge is 2.29. The molecule has 0 unspecified atom stereocenters. The molecule has 0 amide bonds. The molecule has 1 aromatic heterocycles. The molecule has 0 bridgehead atoms. The Morgan fingerprint density at radius 1 is 0.406 bits per heavy atom. The van der Waals surface area contributed by atoms with E-state index in [1.165, 1.54) is 97.3 Å². The minimum atomic E-state index is -1.54. The lowest BCUT2D eigenvalue weighted by molar-refractivity contribution is 1.25. The van der Waals surface area contributed by atoms with Crippen molar-refractivity contribution in [2.45, 2.75) is 19.6 Å². The average molecular weight is 833 g/mol. The zero-order chi connectivity index (χ0) is 42.9. The Kier molecular flexibility index (Phi) is 8.99. The lowest BCUT2D eigenvalue weighted by Gasteiger charge is -2.30. The van der Waals surface area contributed by atoms with Crippen LogP contribution in [-0.4, -0.2) is 19.8 Å². The third kappa shape index (κ3) is 6.20. The SMILES string of the molecule is C[Si](C)(C)c1ccc(B(c2ccc3ccc4ccccc4c3c2)c2ccc3c4ccccc4c4c(N(c5ccccc5)c5ccncc5)cc(-c5ccccc5)c5ccc2c3c54)cc1. The molecule has 0 saturated heterocycles. The standard InChI is InChI=1S/C60H45BN2Si/c1-64(2,3)47-28-26-43(27-29-47)61(44-25-24-42-23-22-41-16-10-11-19-48(41)54(42)38-44)56-33-32-51-49-20-12-13-21-50(49)59-57(63(45-17-8-5-9-18-45)46-34-36-62-37-35-46)39-55(40-14-6-4-7-15-40)52-30-31-53(56)58(51)60(52)59/h4-39H,1-3H3. The smallest absolute Gasteiger partial charge is 0.242 e. The Hall–Kier alpha value is -7.53. The zero-order valence-electron chi connectivity index (χ0n) is 36.3. The number of pyridine rings is 1. The van der Waals surface area contributed by atoms with Gasteiger partial charge in [0, 0.05) is 34.5 Å². The Bertz CT molecular complexity index is 3660. The molecule has 4 heteroatoms. The number of benzene rings is 11. The summed E-state index contributed by atoms with van der Waals surface area (Å²) in [5.74, 6) is 0. The fraction of sp³-hybridized carbons (Fsp3) is 0.0500. The van der Waals surface area contributed by atoms with Gasteiger partial charge < -0.3 is 4.90 Å². The molecule has 64 heavy (non-hydrogen) atoms. The zero-order valence-corrected chi connectivity index (χ0v) is 37.3. The predicted octanol–water partition coefficient (Wildman–Crippen LogP) is 13.6. The van der Waals surface area contributed by atoms with E-state index in [4.69, 9.17) is 0 Å². The quantitative estimate of drug-likeness (QED) is 0.0861. The van der Waals surface area contributed by atoms with Crippen LogP contribution < -0.4 is 26.5 Å². The molecule has 0 aliphatic heterocycles. The van der Waals surface area contributed by atoms with Crippen LogP contribution >= 0.6 is 0 Å². The minimum absolute atomic E-state index is 0.0133. The first-order valence-corrected chi connectivity index (χ1v) is 25.9. The summed E-state index contributed by atoms with van der Waals surface area (Å²) in [4.78, 5) is 6.88. The highest BCUT2D eigenvalue weighted by molar-refractivity contribution is 6.97. The summed E-state index contributed by atoms with van der Waals surface area (Å²) in [6.07, 6.45) is 3.80. The van der Waals surface area contributed by atoms with E-state index in [-0.39, 0.29) is 6.71 Å². The van der Waals surface area contributed by atoms with Crippen LogP contribution in [0, 0.1) is 0 Å². The van der Waals surface area contributed by atoms with Gasteiger partial charge in [0.1, 0.15) is 0 Å². The van der Waals surface area contributed by atoms with E-state index in [2.05, 4.69) is 236 Å². The molecule has 0 saturated carbocycles. The molecule has 11 aromatic carbocycles. The van der Waals surface area contributed by atoms with Gasteiger partial charge in [-0.15, -0.1) is 0 Å². The van der Waals surface area contributed by atoms with Crippen LogP contribution in [0.15, 0.2) is 219 Å². The molecular formula is C60H45BN2Si. The van der Waals surface area contributed by atoms with E-state index < -0.39 is 8.07 Å². The van der Waals surface area contributed by atoms with Crippen molar-refractivity contribution < 1.29 is 0 Å². The van der Waals surface area contributed by atoms with Crippen molar-refractivity contribution in [3.8, 4) is 11.1 Å². The molecule has 0 N–H and O–H groups in total. The van der Waals surface area contributed by atoms with E-state index in [1.807, 2.05) is 12.4 Å². The third-order valence-electron chi connectivity index (χ3n) is 13.6. The molecule has 0 aliphatic carbocycles. The lowest BCUT2D eigenvalue weighted by Crippen LogP contribution is -2.53. The minimum Gasteiger partial charge on any atom is -0.310 e. The molecule has 0 atom stereocenters. The first-order valence-electron chi connectivity index (χ1n) is 22.4. The van der Waals surface area contributed by atoms with Gasteiger partial charge in [-0.3, -0.25) is 4.98 Å². The number of anilines is 3. The van der Waals surface area contributed by atoms with Gasteiger partial charge in [0.2, 0.25) is 6.71 Å². The monoisotopic (exact) mass is 832 g/mol. The highest BCUT2D eigenvalue weighted by atomic mass is 28.3. The number of hydrogen-bond donors (Lipinski definition) is 0. The van der Waals surface area contributed by atoms with Crippen LogP contribution in [0.2, 0.25) is 19.6 Å². The summed E-state index contributed by atoms with van der Waals surface area (Å²) in [7, 11) is -1.54. The van der Waals surface area contributed by atoms with Crippen molar-refractivity contribution in [1.29, 1.82) is 0 Å².